The number of rotatable bonds is 8. The summed E-state index contributed by atoms with van der Waals surface area (Å²) in [4.78, 5) is 18.8. The van der Waals surface area contributed by atoms with E-state index in [0.29, 0.717) is 34.6 Å². The lowest BCUT2D eigenvalue weighted by molar-refractivity contribution is -0.138. The lowest BCUT2D eigenvalue weighted by Crippen LogP contribution is -2.49. The lowest BCUT2D eigenvalue weighted by atomic mass is 9.48. The number of aromatic nitrogens is 1. The van der Waals surface area contributed by atoms with E-state index in [1.54, 1.807) is 12.1 Å². The van der Waals surface area contributed by atoms with Gasteiger partial charge >= 0.3 is 5.97 Å². The summed E-state index contributed by atoms with van der Waals surface area (Å²) in [6, 6.07) is 8.03. The summed E-state index contributed by atoms with van der Waals surface area (Å²) < 4.78 is 37.8. The predicted octanol–water partition coefficient (Wildman–Crippen LogP) is 6.26. The molecule has 6 rings (SSSR count). The molecule has 0 radical (unpaired) electrons. The summed E-state index contributed by atoms with van der Waals surface area (Å²) in [7, 11) is -2.05. The molecular formula is C31H37FNO5P. The van der Waals surface area contributed by atoms with Crippen LogP contribution in [0.5, 0.6) is 5.75 Å². The Kier molecular flexibility index (Phi) is 7.52. The van der Waals surface area contributed by atoms with Crippen LogP contribution in [-0.4, -0.2) is 34.4 Å². The number of benzene rings is 1. The first-order valence-corrected chi connectivity index (χ1v) is 15.1. The normalized spacial score (nSPS) is 28.5. The molecular weight excluding hydrogens is 516 g/mol. The van der Waals surface area contributed by atoms with E-state index in [0.717, 1.165) is 25.0 Å². The van der Waals surface area contributed by atoms with Crippen LogP contribution in [0.3, 0.4) is 0 Å². The molecule has 4 bridgehead atoms. The zero-order chi connectivity index (χ0) is 28.1. The molecule has 1 aromatic heterocycles. The Morgan fingerprint density at radius 1 is 1.15 bits per heavy atom. The number of nitrogens with zero attached hydrogens (tertiary/aromatic N) is 1. The van der Waals surface area contributed by atoms with Crippen molar-refractivity contribution >= 4 is 14.0 Å². The minimum atomic E-state index is -3.23. The molecule has 0 amide bonds. The average molecular weight is 554 g/mol. The number of terminal acetylenes is 1. The van der Waals surface area contributed by atoms with E-state index in [4.69, 9.17) is 20.7 Å². The van der Waals surface area contributed by atoms with Gasteiger partial charge < -0.3 is 14.4 Å². The minimum absolute atomic E-state index is 0.0286. The number of aliphatic hydroxyl groups excluding tert-OH is 1. The molecule has 3 atom stereocenters. The molecule has 39 heavy (non-hydrogen) atoms. The number of halogens is 1. The fourth-order valence-electron chi connectivity index (χ4n) is 7.59. The quantitative estimate of drug-likeness (QED) is 0.236. The molecule has 2 aromatic rings. The summed E-state index contributed by atoms with van der Waals surface area (Å²) in [5.74, 6) is 2.97. The summed E-state index contributed by atoms with van der Waals surface area (Å²) in [6.45, 7) is 5.23. The number of ether oxygens (including phenoxy) is 1. The van der Waals surface area contributed by atoms with Gasteiger partial charge in [0.05, 0.1) is 11.8 Å². The molecule has 208 valence electrons. The SMILES string of the molecule is C#CC(C(=O)Oc1c(-c2ccc(F)cc2)cc(C23CC4CC(CC(C4)C2)C3)nc1C(C)C)(C(C)O)[PH](=O)OC. The van der Waals surface area contributed by atoms with Gasteiger partial charge in [-0.15, -0.1) is 6.42 Å². The van der Waals surface area contributed by atoms with E-state index in [2.05, 4.69) is 5.92 Å². The number of hydrogen-bond acceptors (Lipinski definition) is 6. The summed E-state index contributed by atoms with van der Waals surface area (Å²) in [5, 5.41) is 8.32. The minimum Gasteiger partial charge on any atom is -0.422 e. The number of pyridine rings is 1. The van der Waals surface area contributed by atoms with E-state index < -0.39 is 25.3 Å². The fourth-order valence-corrected chi connectivity index (χ4v) is 8.59. The van der Waals surface area contributed by atoms with Crippen molar-refractivity contribution in [3.05, 3.63) is 47.5 Å². The molecule has 4 fully saturated rings. The van der Waals surface area contributed by atoms with Crippen LogP contribution < -0.4 is 4.74 Å². The van der Waals surface area contributed by atoms with Crippen molar-refractivity contribution in [3.63, 3.8) is 0 Å². The van der Waals surface area contributed by atoms with Gasteiger partial charge in [0.2, 0.25) is 13.2 Å². The van der Waals surface area contributed by atoms with Gasteiger partial charge in [-0.05, 0) is 92.9 Å². The number of carbonyl (C=O) groups excluding carboxylic acids is 1. The molecule has 0 saturated heterocycles. The third-order valence-corrected chi connectivity index (χ3v) is 10.9. The van der Waals surface area contributed by atoms with Crippen molar-refractivity contribution in [3.8, 4) is 29.2 Å². The molecule has 4 aliphatic carbocycles. The monoisotopic (exact) mass is 553 g/mol. The van der Waals surface area contributed by atoms with Gasteiger partial charge in [0.25, 0.3) is 0 Å². The highest BCUT2D eigenvalue weighted by Gasteiger charge is 2.53. The van der Waals surface area contributed by atoms with Crippen molar-refractivity contribution in [1.29, 1.82) is 0 Å². The maximum absolute atomic E-state index is 13.9. The third kappa shape index (κ3) is 4.75. The van der Waals surface area contributed by atoms with Crippen molar-refractivity contribution in [2.75, 3.05) is 7.11 Å². The molecule has 4 saturated carbocycles. The first-order valence-electron chi connectivity index (χ1n) is 13.8. The third-order valence-electron chi connectivity index (χ3n) is 9.16. The Morgan fingerprint density at radius 3 is 2.18 bits per heavy atom. The van der Waals surface area contributed by atoms with Crippen LogP contribution in [0.25, 0.3) is 11.1 Å². The van der Waals surface area contributed by atoms with Gasteiger partial charge in [-0.2, -0.15) is 0 Å². The second kappa shape index (κ2) is 10.5. The van der Waals surface area contributed by atoms with Gasteiger partial charge in [0.1, 0.15) is 5.82 Å². The zero-order valence-electron chi connectivity index (χ0n) is 23.0. The lowest BCUT2D eigenvalue weighted by Gasteiger charge is -2.56. The largest absolute Gasteiger partial charge is 0.422 e. The molecule has 0 aliphatic heterocycles. The number of esters is 1. The van der Waals surface area contributed by atoms with Crippen LogP contribution in [0.4, 0.5) is 4.39 Å². The topological polar surface area (TPSA) is 85.7 Å². The van der Waals surface area contributed by atoms with Crippen molar-refractivity contribution < 1.29 is 28.1 Å². The van der Waals surface area contributed by atoms with Gasteiger partial charge in [-0.3, -0.25) is 9.55 Å². The summed E-state index contributed by atoms with van der Waals surface area (Å²) >= 11 is 0. The molecule has 1 heterocycles. The van der Waals surface area contributed by atoms with Crippen molar-refractivity contribution in [2.24, 2.45) is 17.8 Å². The Morgan fingerprint density at radius 2 is 1.72 bits per heavy atom. The Bertz CT molecular complexity index is 1300. The number of aliphatic hydroxyl groups is 1. The zero-order valence-corrected chi connectivity index (χ0v) is 24.0. The summed E-state index contributed by atoms with van der Waals surface area (Å²) in [6.07, 6.45) is 11.4. The first kappa shape index (κ1) is 28.0. The molecule has 0 spiro atoms. The van der Waals surface area contributed by atoms with Crippen LogP contribution in [0.1, 0.15) is 76.6 Å². The molecule has 6 nitrogen and oxygen atoms in total. The Balaban J connectivity index is 1.68. The van der Waals surface area contributed by atoms with Gasteiger partial charge in [0, 0.05) is 23.8 Å². The molecule has 1 N–H and O–H groups in total. The molecule has 8 heteroatoms. The van der Waals surface area contributed by atoms with E-state index >= 15 is 0 Å². The van der Waals surface area contributed by atoms with Gasteiger partial charge in [0.15, 0.2) is 5.75 Å². The maximum atomic E-state index is 13.9. The highest BCUT2D eigenvalue weighted by molar-refractivity contribution is 7.43. The number of hydrogen-bond donors (Lipinski definition) is 1. The van der Waals surface area contributed by atoms with Crippen molar-refractivity contribution in [1.82, 2.24) is 4.98 Å². The number of carbonyl (C=O) groups is 1. The van der Waals surface area contributed by atoms with Crippen LogP contribution in [-0.2, 0) is 19.3 Å². The van der Waals surface area contributed by atoms with E-state index in [1.165, 1.54) is 45.4 Å². The highest BCUT2D eigenvalue weighted by atomic mass is 31.1. The van der Waals surface area contributed by atoms with Gasteiger partial charge in [-0.1, -0.05) is 31.9 Å². The maximum Gasteiger partial charge on any atom is 0.342 e. The van der Waals surface area contributed by atoms with Crippen LogP contribution in [0.15, 0.2) is 30.3 Å². The predicted molar refractivity (Wildman–Crippen MR) is 148 cm³/mol. The smallest absolute Gasteiger partial charge is 0.342 e. The van der Waals surface area contributed by atoms with Crippen LogP contribution in [0, 0.1) is 35.9 Å². The van der Waals surface area contributed by atoms with Crippen LogP contribution >= 0.6 is 8.03 Å². The first-order chi connectivity index (χ1) is 18.5. The highest BCUT2D eigenvalue weighted by Crippen LogP contribution is 2.61. The van der Waals surface area contributed by atoms with E-state index in [9.17, 15) is 18.9 Å². The standard InChI is InChI=1S/C31H37FNO5P/c1-6-31(19(4)34,39(36)37-5)29(35)38-28-25(23-7-9-24(32)10-8-23)14-26(33-27(28)18(2)3)30-15-20-11-21(16-30)13-22(12-20)17-30/h1,7-10,14,18-22,34,39H,11-13,15-17H2,2-5H3. The van der Waals surface area contributed by atoms with Gasteiger partial charge in [-0.25, -0.2) is 9.18 Å². The van der Waals surface area contributed by atoms with Crippen LogP contribution in [0.2, 0.25) is 0 Å². The molecule has 4 aliphatic rings. The molecule has 3 unspecified atom stereocenters. The Hall–Kier alpha value is -2.52. The fraction of sp³-hybridized carbons (Fsp3) is 0.548. The van der Waals surface area contributed by atoms with E-state index in [-0.39, 0.29) is 22.9 Å². The Labute approximate surface area is 230 Å². The summed E-state index contributed by atoms with van der Waals surface area (Å²) in [5.41, 5.74) is 2.80. The second-order valence-corrected chi connectivity index (χ2v) is 13.9. The molecule has 1 aromatic carbocycles. The van der Waals surface area contributed by atoms with E-state index in [1.807, 2.05) is 19.9 Å². The van der Waals surface area contributed by atoms with Crippen molar-refractivity contribution in [2.45, 2.75) is 81.9 Å². The average Bonchev–Trinajstić information content (AvgIpc) is 2.88. The second-order valence-electron chi connectivity index (χ2n) is 12.1.